The van der Waals surface area contributed by atoms with Crippen LogP contribution in [0, 0.1) is 5.92 Å². The van der Waals surface area contributed by atoms with Crippen molar-refractivity contribution in [3.05, 3.63) is 109 Å². The lowest BCUT2D eigenvalue weighted by Gasteiger charge is -2.22. The summed E-state index contributed by atoms with van der Waals surface area (Å²) in [6, 6.07) is 30.2. The third kappa shape index (κ3) is 3.14. The van der Waals surface area contributed by atoms with Crippen LogP contribution in [0.4, 0.5) is 11.4 Å². The van der Waals surface area contributed by atoms with Crippen LogP contribution in [0.2, 0.25) is 0 Å². The highest BCUT2D eigenvalue weighted by atomic mass is 16.3. The van der Waals surface area contributed by atoms with Gasteiger partial charge in [-0.15, -0.1) is 0 Å². The average Bonchev–Trinajstić information content (AvgIpc) is 3.62. The van der Waals surface area contributed by atoms with Crippen molar-refractivity contribution in [2.45, 2.75) is 6.04 Å². The van der Waals surface area contributed by atoms with Crippen LogP contribution in [-0.4, -0.2) is 29.4 Å². The number of nitrogens with zero attached hydrogens (tertiary/aromatic N) is 3. The monoisotopic (exact) mass is 485 g/mol. The summed E-state index contributed by atoms with van der Waals surface area (Å²) < 4.78 is 5.95. The third-order valence-corrected chi connectivity index (χ3v) is 6.97. The summed E-state index contributed by atoms with van der Waals surface area (Å²) in [5.41, 5.74) is 1.64. The van der Waals surface area contributed by atoms with Crippen LogP contribution in [0.1, 0.15) is 10.6 Å². The maximum Gasteiger partial charge on any atom is 0.259 e. The second-order valence-electron chi connectivity index (χ2n) is 9.07. The Labute approximate surface area is 211 Å². The van der Waals surface area contributed by atoms with E-state index < -0.39 is 29.6 Å². The zero-order chi connectivity index (χ0) is 25.1. The molecule has 0 aliphatic carbocycles. The average molecular weight is 485 g/mol. The fraction of sp³-hybridized carbons (Fsp3) is 0.0667. The molecule has 0 radical (unpaired) electrons. The molecule has 0 saturated carbocycles. The summed E-state index contributed by atoms with van der Waals surface area (Å²) in [5.74, 6) is -2.38. The van der Waals surface area contributed by atoms with Crippen molar-refractivity contribution in [1.29, 1.82) is 0 Å². The number of fused-ring (bicyclic) bond motifs is 4. The highest BCUT2D eigenvalue weighted by Gasteiger charge is 2.58. The largest absolute Gasteiger partial charge is 0.453 e. The minimum atomic E-state index is -1.05. The van der Waals surface area contributed by atoms with Gasteiger partial charge in [0.25, 0.3) is 5.91 Å². The SMILES string of the molecule is O=C(C1=NN(c2ccccc2)C2C(=O)N(c3ccccc3)C(=O)C12)c1cc2c(ccc3ccccc32)o1. The Morgan fingerprint density at radius 2 is 1.41 bits per heavy atom. The zero-order valence-electron chi connectivity index (χ0n) is 19.4. The number of carbonyl (C=O) groups is 3. The normalized spacial score (nSPS) is 19.1. The quantitative estimate of drug-likeness (QED) is 0.258. The van der Waals surface area contributed by atoms with E-state index in [1.807, 2.05) is 60.7 Å². The number of anilines is 2. The van der Waals surface area contributed by atoms with Gasteiger partial charge >= 0.3 is 0 Å². The molecular formula is C30H19N3O4. The second kappa shape index (κ2) is 7.99. The van der Waals surface area contributed by atoms with Crippen LogP contribution in [0.15, 0.2) is 113 Å². The molecule has 2 aliphatic heterocycles. The molecule has 7 heteroatoms. The van der Waals surface area contributed by atoms with Gasteiger partial charge in [-0.25, -0.2) is 4.90 Å². The van der Waals surface area contributed by atoms with Crippen LogP contribution < -0.4 is 9.91 Å². The second-order valence-corrected chi connectivity index (χ2v) is 9.07. The topological polar surface area (TPSA) is 83.2 Å². The number of hydrogen-bond donors (Lipinski definition) is 0. The number of ketones is 1. The van der Waals surface area contributed by atoms with Crippen LogP contribution >= 0.6 is 0 Å². The standard InChI is InChI=1S/C30H19N3O4/c34-28(24-17-22-21-14-8-7-9-18(21)15-16-23(22)37-24)26-25-27(33(31-26)20-12-5-2-6-13-20)30(36)32(29(25)35)19-10-3-1-4-11-19/h1-17,25,27H. The van der Waals surface area contributed by atoms with Crippen molar-refractivity contribution in [2.24, 2.45) is 11.0 Å². The van der Waals surface area contributed by atoms with Gasteiger partial charge in [0.05, 0.1) is 11.4 Å². The Morgan fingerprint density at radius 3 is 2.16 bits per heavy atom. The van der Waals surface area contributed by atoms with E-state index in [0.29, 0.717) is 17.0 Å². The lowest BCUT2D eigenvalue weighted by molar-refractivity contribution is -0.121. The summed E-state index contributed by atoms with van der Waals surface area (Å²) in [7, 11) is 0. The van der Waals surface area contributed by atoms with Gasteiger partial charge in [0.1, 0.15) is 23.3 Å². The number of rotatable bonds is 4. The van der Waals surface area contributed by atoms with E-state index in [0.717, 1.165) is 21.1 Å². The fourth-order valence-corrected chi connectivity index (χ4v) is 5.26. The molecule has 5 aromatic rings. The lowest BCUT2D eigenvalue weighted by Crippen LogP contribution is -2.39. The predicted octanol–water partition coefficient (Wildman–Crippen LogP) is 5.20. The third-order valence-electron chi connectivity index (χ3n) is 6.97. The Kier molecular flexibility index (Phi) is 4.59. The molecule has 178 valence electrons. The van der Waals surface area contributed by atoms with E-state index in [2.05, 4.69) is 5.10 Å². The number of furan rings is 1. The fourth-order valence-electron chi connectivity index (χ4n) is 5.26. The number of carbonyl (C=O) groups excluding carboxylic acids is 3. The van der Waals surface area contributed by atoms with E-state index in [-0.39, 0.29) is 11.5 Å². The molecule has 7 nitrogen and oxygen atoms in total. The van der Waals surface area contributed by atoms with E-state index in [1.165, 1.54) is 5.01 Å². The number of hydrogen-bond acceptors (Lipinski definition) is 6. The lowest BCUT2D eigenvalue weighted by atomic mass is 9.94. The number of imide groups is 1. The Bertz CT molecular complexity index is 1760. The molecule has 2 amide bonds. The van der Waals surface area contributed by atoms with Crippen LogP contribution in [-0.2, 0) is 9.59 Å². The molecule has 37 heavy (non-hydrogen) atoms. The van der Waals surface area contributed by atoms with Crippen LogP contribution in [0.5, 0.6) is 0 Å². The van der Waals surface area contributed by atoms with E-state index in [9.17, 15) is 14.4 Å². The molecule has 0 spiro atoms. The highest BCUT2D eigenvalue weighted by Crippen LogP contribution is 2.39. The first kappa shape index (κ1) is 21.3. The van der Waals surface area contributed by atoms with Gasteiger partial charge in [0.2, 0.25) is 11.7 Å². The summed E-state index contributed by atoms with van der Waals surface area (Å²) >= 11 is 0. The van der Waals surface area contributed by atoms with Gasteiger partial charge in [0, 0.05) is 5.39 Å². The summed E-state index contributed by atoms with van der Waals surface area (Å²) in [4.78, 5) is 42.3. The first-order valence-electron chi connectivity index (χ1n) is 11.9. The predicted molar refractivity (Wildman–Crippen MR) is 141 cm³/mol. The molecule has 0 bridgehead atoms. The first-order chi connectivity index (χ1) is 18.1. The smallest absolute Gasteiger partial charge is 0.259 e. The molecule has 4 aromatic carbocycles. The molecule has 1 saturated heterocycles. The van der Waals surface area contributed by atoms with Crippen LogP contribution in [0.25, 0.3) is 21.7 Å². The van der Waals surface area contributed by atoms with Crippen molar-refractivity contribution in [3.63, 3.8) is 0 Å². The Balaban J connectivity index is 1.35. The molecular weight excluding hydrogens is 466 g/mol. The Morgan fingerprint density at radius 1 is 0.730 bits per heavy atom. The van der Waals surface area contributed by atoms with Crippen LogP contribution in [0.3, 0.4) is 0 Å². The molecule has 1 fully saturated rings. The number of Topliss-reactive ketones (excluding diaryl/α,β-unsaturated/α-hetero) is 1. The molecule has 2 unspecified atom stereocenters. The van der Waals surface area contributed by atoms with Gasteiger partial charge in [-0.3, -0.25) is 19.4 Å². The maximum absolute atomic E-state index is 13.8. The first-order valence-corrected chi connectivity index (χ1v) is 11.9. The summed E-state index contributed by atoms with van der Waals surface area (Å²) in [5, 5.41) is 8.83. The summed E-state index contributed by atoms with van der Waals surface area (Å²) in [6.07, 6.45) is 0. The molecule has 7 rings (SSSR count). The molecule has 1 aromatic heterocycles. The molecule has 3 heterocycles. The van der Waals surface area contributed by atoms with Crippen molar-refractivity contribution >= 4 is 56.4 Å². The molecule has 2 atom stereocenters. The van der Waals surface area contributed by atoms with E-state index >= 15 is 0 Å². The number of benzene rings is 4. The number of para-hydroxylation sites is 2. The van der Waals surface area contributed by atoms with Crippen molar-refractivity contribution in [1.82, 2.24) is 0 Å². The Hall–Kier alpha value is -5.04. The maximum atomic E-state index is 13.8. The minimum Gasteiger partial charge on any atom is -0.453 e. The highest BCUT2D eigenvalue weighted by molar-refractivity contribution is 6.53. The van der Waals surface area contributed by atoms with Crippen molar-refractivity contribution in [3.8, 4) is 0 Å². The van der Waals surface area contributed by atoms with Gasteiger partial charge < -0.3 is 4.42 Å². The van der Waals surface area contributed by atoms with Gasteiger partial charge in [-0.1, -0.05) is 66.7 Å². The van der Waals surface area contributed by atoms with Gasteiger partial charge in [-0.2, -0.15) is 5.10 Å². The minimum absolute atomic E-state index is 0.00556. The number of amides is 2. The molecule has 2 aliphatic rings. The summed E-state index contributed by atoms with van der Waals surface area (Å²) in [6.45, 7) is 0. The van der Waals surface area contributed by atoms with Gasteiger partial charge in [-0.05, 0) is 47.2 Å². The van der Waals surface area contributed by atoms with Crippen molar-refractivity contribution in [2.75, 3.05) is 9.91 Å². The van der Waals surface area contributed by atoms with E-state index in [1.54, 1.807) is 42.5 Å². The molecule has 0 N–H and O–H groups in total. The number of hydrazone groups is 1. The van der Waals surface area contributed by atoms with Crippen molar-refractivity contribution < 1.29 is 18.8 Å². The zero-order valence-corrected chi connectivity index (χ0v) is 19.4. The van der Waals surface area contributed by atoms with E-state index in [4.69, 9.17) is 4.42 Å². The van der Waals surface area contributed by atoms with Gasteiger partial charge in [0.15, 0.2) is 5.76 Å².